The Bertz CT molecular complexity index is 1210. The lowest BCUT2D eigenvalue weighted by Crippen LogP contribution is -2.27. The SMILES string of the molecule is O=C(O)c1c(=O)n(-c2ccc(F)cc2)nc2c1[nH]c1ccc(F)cc12. The van der Waals surface area contributed by atoms with Gasteiger partial charge < -0.3 is 10.1 Å². The lowest BCUT2D eigenvalue weighted by Gasteiger charge is -2.06. The summed E-state index contributed by atoms with van der Waals surface area (Å²) in [5.41, 5.74) is -0.610. The minimum Gasteiger partial charge on any atom is -0.477 e. The number of H-pyrrole nitrogens is 1. The summed E-state index contributed by atoms with van der Waals surface area (Å²) in [5.74, 6) is -2.47. The molecule has 25 heavy (non-hydrogen) atoms. The summed E-state index contributed by atoms with van der Waals surface area (Å²) < 4.78 is 27.6. The maximum atomic E-state index is 13.6. The maximum Gasteiger partial charge on any atom is 0.343 e. The number of carboxylic acid groups (broad SMARTS) is 1. The van der Waals surface area contributed by atoms with Crippen molar-refractivity contribution in [2.75, 3.05) is 0 Å². The minimum absolute atomic E-state index is 0.0106. The molecule has 0 unspecified atom stereocenters. The van der Waals surface area contributed by atoms with E-state index >= 15 is 0 Å². The van der Waals surface area contributed by atoms with Gasteiger partial charge in [0.15, 0.2) is 5.56 Å². The van der Waals surface area contributed by atoms with E-state index < -0.39 is 28.7 Å². The Labute approximate surface area is 137 Å². The fourth-order valence-electron chi connectivity index (χ4n) is 2.75. The molecule has 0 bridgehead atoms. The van der Waals surface area contributed by atoms with E-state index in [9.17, 15) is 23.5 Å². The van der Waals surface area contributed by atoms with Crippen LogP contribution < -0.4 is 5.56 Å². The Morgan fingerprint density at radius 2 is 1.76 bits per heavy atom. The van der Waals surface area contributed by atoms with Crippen molar-refractivity contribution in [1.82, 2.24) is 14.8 Å². The summed E-state index contributed by atoms with van der Waals surface area (Å²) in [6.45, 7) is 0. The van der Waals surface area contributed by atoms with Gasteiger partial charge in [-0.1, -0.05) is 0 Å². The van der Waals surface area contributed by atoms with Crippen molar-refractivity contribution >= 4 is 27.9 Å². The molecule has 0 radical (unpaired) electrons. The van der Waals surface area contributed by atoms with Gasteiger partial charge in [-0.15, -0.1) is 0 Å². The first-order valence-electron chi connectivity index (χ1n) is 7.19. The molecule has 2 heterocycles. The first-order valence-corrected chi connectivity index (χ1v) is 7.19. The summed E-state index contributed by atoms with van der Waals surface area (Å²) >= 11 is 0. The van der Waals surface area contributed by atoms with Gasteiger partial charge in [0.25, 0.3) is 5.56 Å². The molecule has 0 saturated carbocycles. The van der Waals surface area contributed by atoms with Crippen LogP contribution in [0.3, 0.4) is 0 Å². The molecule has 0 aliphatic carbocycles. The maximum absolute atomic E-state index is 13.6. The number of benzene rings is 2. The molecule has 0 fully saturated rings. The third kappa shape index (κ3) is 2.26. The molecule has 2 aromatic carbocycles. The van der Waals surface area contributed by atoms with Gasteiger partial charge in [0.1, 0.15) is 17.2 Å². The van der Waals surface area contributed by atoms with E-state index in [1.165, 1.54) is 30.3 Å². The van der Waals surface area contributed by atoms with Crippen molar-refractivity contribution in [3.63, 3.8) is 0 Å². The number of hydrogen-bond acceptors (Lipinski definition) is 3. The van der Waals surface area contributed by atoms with Gasteiger partial charge in [0.05, 0.1) is 11.2 Å². The lowest BCUT2D eigenvalue weighted by atomic mass is 10.2. The lowest BCUT2D eigenvalue weighted by molar-refractivity contribution is 0.0696. The van der Waals surface area contributed by atoms with E-state index in [1.54, 1.807) is 0 Å². The third-order valence-corrected chi connectivity index (χ3v) is 3.87. The molecular weight excluding hydrogens is 332 g/mol. The number of halogens is 2. The average molecular weight is 341 g/mol. The molecule has 0 saturated heterocycles. The van der Waals surface area contributed by atoms with Gasteiger partial charge in [0.2, 0.25) is 0 Å². The van der Waals surface area contributed by atoms with Crippen LogP contribution in [0.5, 0.6) is 0 Å². The van der Waals surface area contributed by atoms with Crippen molar-refractivity contribution < 1.29 is 18.7 Å². The first-order chi connectivity index (χ1) is 12.0. The van der Waals surface area contributed by atoms with Crippen molar-refractivity contribution in [2.24, 2.45) is 0 Å². The Morgan fingerprint density at radius 1 is 1.08 bits per heavy atom. The van der Waals surface area contributed by atoms with Gasteiger partial charge in [-0.3, -0.25) is 4.79 Å². The summed E-state index contributed by atoms with van der Waals surface area (Å²) in [5, 5.41) is 14.0. The third-order valence-electron chi connectivity index (χ3n) is 3.87. The smallest absolute Gasteiger partial charge is 0.343 e. The van der Waals surface area contributed by atoms with E-state index in [0.29, 0.717) is 10.9 Å². The summed E-state index contributed by atoms with van der Waals surface area (Å²) in [4.78, 5) is 27.0. The molecule has 0 aliphatic rings. The molecule has 2 N–H and O–H groups in total. The van der Waals surface area contributed by atoms with Crippen LogP contribution in [0, 0.1) is 11.6 Å². The number of aromatic nitrogens is 3. The number of rotatable bonds is 2. The summed E-state index contributed by atoms with van der Waals surface area (Å²) in [6.07, 6.45) is 0. The molecule has 124 valence electrons. The predicted octanol–water partition coefficient (Wildman–Crippen LogP) is 2.84. The largest absolute Gasteiger partial charge is 0.477 e. The van der Waals surface area contributed by atoms with E-state index in [1.807, 2.05) is 0 Å². The number of fused-ring (bicyclic) bond motifs is 3. The molecule has 4 aromatic rings. The molecule has 6 nitrogen and oxygen atoms in total. The standard InChI is InChI=1S/C17H9F2N3O3/c18-8-1-4-10(5-2-8)22-16(23)13(17(24)25)15-14(21-22)11-7-9(19)3-6-12(11)20-15/h1-7,20H,(H,24,25). The van der Waals surface area contributed by atoms with Crippen LogP contribution in [0.1, 0.15) is 10.4 Å². The zero-order valence-electron chi connectivity index (χ0n) is 12.5. The Balaban J connectivity index is 2.17. The van der Waals surface area contributed by atoms with Crippen LogP contribution in [0.2, 0.25) is 0 Å². The zero-order chi connectivity index (χ0) is 17.7. The molecule has 2 aromatic heterocycles. The van der Waals surface area contributed by atoms with Gasteiger partial charge in [-0.05, 0) is 42.5 Å². The van der Waals surface area contributed by atoms with E-state index in [-0.39, 0.29) is 16.7 Å². The van der Waals surface area contributed by atoms with Gasteiger partial charge in [-0.25, -0.2) is 13.6 Å². The number of nitrogens with one attached hydrogen (secondary N) is 1. The van der Waals surface area contributed by atoms with Crippen LogP contribution in [0.15, 0.2) is 47.3 Å². The monoisotopic (exact) mass is 341 g/mol. The second-order valence-electron chi connectivity index (χ2n) is 5.41. The number of aromatic amines is 1. The molecule has 0 atom stereocenters. The Morgan fingerprint density at radius 3 is 2.44 bits per heavy atom. The van der Waals surface area contributed by atoms with Crippen molar-refractivity contribution in [3.8, 4) is 5.69 Å². The molecule has 0 aliphatic heterocycles. The van der Waals surface area contributed by atoms with Crippen LogP contribution in [-0.4, -0.2) is 25.8 Å². The van der Waals surface area contributed by atoms with E-state index in [4.69, 9.17) is 0 Å². The fraction of sp³-hybridized carbons (Fsp3) is 0. The highest BCUT2D eigenvalue weighted by atomic mass is 19.1. The summed E-state index contributed by atoms with van der Waals surface area (Å²) in [7, 11) is 0. The number of nitrogens with zero attached hydrogens (tertiary/aromatic N) is 2. The van der Waals surface area contributed by atoms with Crippen molar-refractivity contribution in [2.45, 2.75) is 0 Å². The second-order valence-corrected chi connectivity index (χ2v) is 5.41. The van der Waals surface area contributed by atoms with Crippen LogP contribution in [-0.2, 0) is 0 Å². The van der Waals surface area contributed by atoms with E-state index in [2.05, 4.69) is 10.1 Å². The Hall–Kier alpha value is -3.55. The van der Waals surface area contributed by atoms with Gasteiger partial charge in [-0.2, -0.15) is 9.78 Å². The predicted molar refractivity (Wildman–Crippen MR) is 86.1 cm³/mol. The first kappa shape index (κ1) is 15.0. The van der Waals surface area contributed by atoms with Crippen molar-refractivity contribution in [3.05, 3.63) is 70.0 Å². The summed E-state index contributed by atoms with van der Waals surface area (Å²) in [6, 6.07) is 8.71. The topological polar surface area (TPSA) is 88.0 Å². The Kier molecular flexibility index (Phi) is 3.14. The molecule has 4 rings (SSSR count). The second kappa shape index (κ2) is 5.23. The van der Waals surface area contributed by atoms with Gasteiger partial charge >= 0.3 is 5.97 Å². The minimum atomic E-state index is -1.44. The number of aromatic carboxylic acids is 1. The highest BCUT2D eigenvalue weighted by molar-refractivity contribution is 6.11. The van der Waals surface area contributed by atoms with E-state index in [0.717, 1.165) is 16.8 Å². The molecular formula is C17H9F2N3O3. The number of hydrogen-bond donors (Lipinski definition) is 2. The number of carbonyl (C=O) groups is 1. The van der Waals surface area contributed by atoms with Crippen molar-refractivity contribution in [1.29, 1.82) is 0 Å². The molecule has 0 spiro atoms. The van der Waals surface area contributed by atoms with Gasteiger partial charge in [0, 0.05) is 10.9 Å². The highest BCUT2D eigenvalue weighted by Gasteiger charge is 2.22. The quantitative estimate of drug-likeness (QED) is 0.587. The molecule has 0 amide bonds. The van der Waals surface area contributed by atoms with Crippen LogP contribution in [0.4, 0.5) is 8.78 Å². The zero-order valence-corrected chi connectivity index (χ0v) is 12.5. The van der Waals surface area contributed by atoms with Crippen LogP contribution >= 0.6 is 0 Å². The molecule has 8 heteroatoms. The number of carboxylic acids is 1. The normalized spacial score (nSPS) is 11.3. The average Bonchev–Trinajstić information content (AvgIpc) is 2.92. The fourth-order valence-corrected chi connectivity index (χ4v) is 2.75. The highest BCUT2D eigenvalue weighted by Crippen LogP contribution is 2.25. The van der Waals surface area contributed by atoms with Crippen LogP contribution in [0.25, 0.3) is 27.6 Å².